The van der Waals surface area contributed by atoms with Gasteiger partial charge < -0.3 is 19.1 Å². The van der Waals surface area contributed by atoms with E-state index in [1.165, 1.54) is 6.92 Å². The minimum atomic E-state index is -0.640. The van der Waals surface area contributed by atoms with E-state index in [1.54, 1.807) is 36.3 Å². The zero-order valence-electron chi connectivity index (χ0n) is 11.9. The molecule has 2 aliphatic rings. The van der Waals surface area contributed by atoms with Gasteiger partial charge in [0.2, 0.25) is 5.91 Å². The molecule has 0 N–H and O–H groups in total. The molecule has 2 aliphatic heterocycles. The first kappa shape index (κ1) is 14.0. The van der Waals surface area contributed by atoms with Gasteiger partial charge in [-0.1, -0.05) is 0 Å². The SMILES string of the molecule is COc1ccc(N2C(=O)[C@H](C(C)=O)[C@H]2[C@H]2COCO2)cc1. The van der Waals surface area contributed by atoms with Gasteiger partial charge in [0.15, 0.2) is 0 Å². The van der Waals surface area contributed by atoms with E-state index in [0.717, 1.165) is 5.69 Å². The van der Waals surface area contributed by atoms with Crippen LogP contribution in [0.3, 0.4) is 0 Å². The van der Waals surface area contributed by atoms with Crippen molar-refractivity contribution in [1.29, 1.82) is 0 Å². The third-order valence-corrected chi connectivity index (χ3v) is 3.96. The maximum absolute atomic E-state index is 12.3. The summed E-state index contributed by atoms with van der Waals surface area (Å²) in [7, 11) is 1.59. The molecule has 2 heterocycles. The largest absolute Gasteiger partial charge is 0.497 e. The third-order valence-electron chi connectivity index (χ3n) is 3.96. The van der Waals surface area contributed by atoms with Crippen LogP contribution in [0.15, 0.2) is 24.3 Å². The molecule has 0 aliphatic carbocycles. The van der Waals surface area contributed by atoms with Crippen molar-refractivity contribution in [2.75, 3.05) is 25.4 Å². The molecule has 3 atom stereocenters. The van der Waals surface area contributed by atoms with Gasteiger partial charge in [0, 0.05) is 5.69 Å². The normalized spacial score (nSPS) is 28.4. The Morgan fingerprint density at radius 3 is 2.57 bits per heavy atom. The van der Waals surface area contributed by atoms with Crippen molar-refractivity contribution in [3.05, 3.63) is 24.3 Å². The molecule has 1 amide bonds. The number of ketones is 1. The fourth-order valence-corrected chi connectivity index (χ4v) is 2.89. The highest BCUT2D eigenvalue weighted by Crippen LogP contribution is 2.37. The number of amides is 1. The van der Waals surface area contributed by atoms with Gasteiger partial charge in [0.05, 0.1) is 19.8 Å². The van der Waals surface area contributed by atoms with Gasteiger partial charge in [-0.05, 0) is 31.2 Å². The summed E-state index contributed by atoms with van der Waals surface area (Å²) in [5.74, 6) is -0.246. The van der Waals surface area contributed by atoms with Gasteiger partial charge in [0.1, 0.15) is 30.3 Å². The zero-order chi connectivity index (χ0) is 15.0. The molecule has 0 unspecified atom stereocenters. The fraction of sp³-hybridized carbons (Fsp3) is 0.467. The highest BCUT2D eigenvalue weighted by Gasteiger charge is 2.55. The van der Waals surface area contributed by atoms with E-state index in [0.29, 0.717) is 12.4 Å². The lowest BCUT2D eigenvalue weighted by atomic mass is 9.80. The first-order valence-electron chi connectivity index (χ1n) is 6.80. The minimum absolute atomic E-state index is 0.134. The van der Waals surface area contributed by atoms with Gasteiger partial charge in [-0.25, -0.2) is 0 Å². The monoisotopic (exact) mass is 291 g/mol. The Balaban J connectivity index is 1.87. The lowest BCUT2D eigenvalue weighted by Crippen LogP contribution is -2.68. The molecule has 2 fully saturated rings. The molecular formula is C15H17NO5. The second kappa shape index (κ2) is 5.46. The van der Waals surface area contributed by atoms with Crippen molar-refractivity contribution in [3.8, 4) is 5.75 Å². The van der Waals surface area contributed by atoms with Gasteiger partial charge in [-0.15, -0.1) is 0 Å². The van der Waals surface area contributed by atoms with Gasteiger partial charge >= 0.3 is 0 Å². The molecule has 0 radical (unpaired) electrons. The van der Waals surface area contributed by atoms with E-state index in [9.17, 15) is 9.59 Å². The van der Waals surface area contributed by atoms with Crippen LogP contribution in [-0.4, -0.2) is 44.3 Å². The van der Waals surface area contributed by atoms with Crippen molar-refractivity contribution in [1.82, 2.24) is 0 Å². The first-order valence-corrected chi connectivity index (χ1v) is 6.80. The second-order valence-electron chi connectivity index (χ2n) is 5.18. The zero-order valence-corrected chi connectivity index (χ0v) is 11.9. The third kappa shape index (κ3) is 2.30. The molecule has 0 bridgehead atoms. The van der Waals surface area contributed by atoms with E-state index in [-0.39, 0.29) is 30.6 Å². The Morgan fingerprint density at radius 1 is 1.33 bits per heavy atom. The first-order chi connectivity index (χ1) is 10.1. The van der Waals surface area contributed by atoms with Crippen LogP contribution in [0.25, 0.3) is 0 Å². The van der Waals surface area contributed by atoms with Crippen LogP contribution in [0.1, 0.15) is 6.92 Å². The van der Waals surface area contributed by atoms with Crippen molar-refractivity contribution in [2.45, 2.75) is 19.1 Å². The summed E-state index contributed by atoms with van der Waals surface area (Å²) in [6.07, 6.45) is -0.265. The standard InChI is InChI=1S/C15H17NO5/c1-9(17)13-14(12-7-20-8-21-12)16(15(13)18)10-3-5-11(19-2)6-4-10/h3-6,12-14H,7-8H2,1-2H3/t12-,13-,14-/m1/s1. The van der Waals surface area contributed by atoms with E-state index in [1.807, 2.05) is 0 Å². The number of Topliss-reactive ketones (excluding diaryl/α,β-unsaturated/α-hetero) is 1. The predicted molar refractivity (Wildman–Crippen MR) is 74.1 cm³/mol. The van der Waals surface area contributed by atoms with Crippen LogP contribution in [0.5, 0.6) is 5.75 Å². The summed E-state index contributed by atoms with van der Waals surface area (Å²) in [6.45, 7) is 2.04. The fourth-order valence-electron chi connectivity index (χ4n) is 2.89. The smallest absolute Gasteiger partial charge is 0.240 e. The Morgan fingerprint density at radius 2 is 2.05 bits per heavy atom. The maximum atomic E-state index is 12.3. The quantitative estimate of drug-likeness (QED) is 0.611. The average Bonchev–Trinajstić information content (AvgIpc) is 2.98. The molecule has 1 aromatic carbocycles. The lowest BCUT2D eigenvalue weighted by molar-refractivity contribution is -0.141. The number of rotatable bonds is 4. The molecule has 112 valence electrons. The number of β-lactam (4-membered cyclic amide) rings is 1. The Bertz CT molecular complexity index is 550. The average molecular weight is 291 g/mol. The molecule has 6 nitrogen and oxygen atoms in total. The summed E-state index contributed by atoms with van der Waals surface area (Å²) in [4.78, 5) is 25.6. The van der Waals surface area contributed by atoms with Crippen LogP contribution >= 0.6 is 0 Å². The minimum Gasteiger partial charge on any atom is -0.497 e. The van der Waals surface area contributed by atoms with Crippen molar-refractivity contribution in [3.63, 3.8) is 0 Å². The number of carbonyl (C=O) groups is 2. The summed E-state index contributed by atoms with van der Waals surface area (Å²) in [5.41, 5.74) is 0.735. The Labute approximate surface area is 122 Å². The number of ether oxygens (including phenoxy) is 3. The van der Waals surface area contributed by atoms with E-state index >= 15 is 0 Å². The highest BCUT2D eigenvalue weighted by atomic mass is 16.7. The number of nitrogens with zero attached hydrogens (tertiary/aromatic N) is 1. The van der Waals surface area contributed by atoms with E-state index in [2.05, 4.69) is 0 Å². The molecule has 0 aromatic heterocycles. The van der Waals surface area contributed by atoms with Crippen LogP contribution < -0.4 is 9.64 Å². The van der Waals surface area contributed by atoms with Crippen LogP contribution in [0.4, 0.5) is 5.69 Å². The number of hydrogen-bond donors (Lipinski definition) is 0. The summed E-state index contributed by atoms with van der Waals surface area (Å²) in [6, 6.07) is 6.87. The van der Waals surface area contributed by atoms with Crippen molar-refractivity contribution < 1.29 is 23.8 Å². The van der Waals surface area contributed by atoms with Crippen LogP contribution in [0, 0.1) is 5.92 Å². The number of carbonyl (C=O) groups excluding carboxylic acids is 2. The second-order valence-corrected chi connectivity index (χ2v) is 5.18. The van der Waals surface area contributed by atoms with E-state index < -0.39 is 5.92 Å². The molecule has 0 spiro atoms. The molecule has 1 aromatic rings. The van der Waals surface area contributed by atoms with Gasteiger partial charge in [-0.3, -0.25) is 9.59 Å². The highest BCUT2D eigenvalue weighted by molar-refractivity contribution is 6.15. The van der Waals surface area contributed by atoms with Crippen molar-refractivity contribution >= 4 is 17.4 Å². The lowest BCUT2D eigenvalue weighted by Gasteiger charge is -2.47. The van der Waals surface area contributed by atoms with Crippen LogP contribution in [-0.2, 0) is 19.1 Å². The molecule has 0 saturated carbocycles. The Hall–Kier alpha value is -1.92. The topological polar surface area (TPSA) is 65.1 Å². The number of benzene rings is 1. The molecular weight excluding hydrogens is 274 g/mol. The number of methoxy groups -OCH3 is 1. The van der Waals surface area contributed by atoms with Gasteiger partial charge in [0.25, 0.3) is 0 Å². The predicted octanol–water partition coefficient (Wildman–Crippen LogP) is 0.988. The van der Waals surface area contributed by atoms with Crippen LogP contribution in [0.2, 0.25) is 0 Å². The van der Waals surface area contributed by atoms with E-state index in [4.69, 9.17) is 14.2 Å². The molecule has 2 saturated heterocycles. The Kier molecular flexibility index (Phi) is 3.65. The summed E-state index contributed by atoms with van der Waals surface area (Å²) < 4.78 is 15.8. The summed E-state index contributed by atoms with van der Waals surface area (Å²) in [5, 5.41) is 0. The summed E-state index contributed by atoms with van der Waals surface area (Å²) >= 11 is 0. The number of anilines is 1. The molecule has 21 heavy (non-hydrogen) atoms. The molecule has 3 rings (SSSR count). The molecule has 6 heteroatoms. The van der Waals surface area contributed by atoms with Crippen molar-refractivity contribution in [2.24, 2.45) is 5.92 Å². The van der Waals surface area contributed by atoms with Gasteiger partial charge in [-0.2, -0.15) is 0 Å². The number of hydrogen-bond acceptors (Lipinski definition) is 5. The maximum Gasteiger partial charge on any atom is 0.240 e.